The first-order valence-electron chi connectivity index (χ1n) is 6.45. The molecule has 0 spiro atoms. The second kappa shape index (κ2) is 5.84. The lowest BCUT2D eigenvalue weighted by molar-refractivity contribution is 0.0596. The van der Waals surface area contributed by atoms with Crippen LogP contribution in [0.5, 0.6) is 5.75 Å². The quantitative estimate of drug-likeness (QED) is 0.791. The van der Waals surface area contributed by atoms with Gasteiger partial charge >= 0.3 is 5.97 Å². The number of nitrogens with zero attached hydrogens (tertiary/aromatic N) is 1. The first-order chi connectivity index (χ1) is 9.57. The molecule has 0 aliphatic heterocycles. The van der Waals surface area contributed by atoms with Crippen LogP contribution in [-0.4, -0.2) is 20.2 Å². The Morgan fingerprint density at radius 2 is 2.00 bits per heavy atom. The van der Waals surface area contributed by atoms with Crippen LogP contribution in [0.3, 0.4) is 0 Å². The first kappa shape index (κ1) is 14.9. The number of benzene rings is 1. The predicted molar refractivity (Wildman–Crippen MR) is 77.8 cm³/mol. The van der Waals surface area contributed by atoms with Gasteiger partial charge in [-0.2, -0.15) is 5.26 Å². The average molecular weight is 338 g/mol. The Morgan fingerprint density at radius 1 is 1.35 bits per heavy atom. The van der Waals surface area contributed by atoms with Crippen LogP contribution in [-0.2, 0) is 10.2 Å². The molecule has 1 aliphatic carbocycles. The van der Waals surface area contributed by atoms with Crippen LogP contribution >= 0.6 is 15.9 Å². The van der Waals surface area contributed by atoms with E-state index in [4.69, 9.17) is 9.47 Å². The summed E-state index contributed by atoms with van der Waals surface area (Å²) >= 11 is 3.41. The molecule has 1 fully saturated rings. The van der Waals surface area contributed by atoms with Crippen molar-refractivity contribution in [1.29, 1.82) is 5.26 Å². The lowest BCUT2D eigenvalue weighted by atomic mass is 9.80. The number of hydrogen-bond donors (Lipinski definition) is 0. The number of carbonyl (C=O) groups is 1. The van der Waals surface area contributed by atoms with Crippen molar-refractivity contribution in [3.05, 3.63) is 27.7 Å². The Labute approximate surface area is 126 Å². The van der Waals surface area contributed by atoms with Gasteiger partial charge in [0.25, 0.3) is 0 Å². The molecule has 5 heteroatoms. The van der Waals surface area contributed by atoms with Gasteiger partial charge in [0.05, 0.1) is 30.2 Å². The molecule has 0 N–H and O–H groups in total. The zero-order valence-electron chi connectivity index (χ0n) is 11.5. The monoisotopic (exact) mass is 337 g/mol. The minimum Gasteiger partial charge on any atom is -0.495 e. The standard InChI is InChI=1S/C15H16BrNO3/c1-19-13-11(14(18)20-2)7-10(8-12(13)16)15(9-17)5-3-4-6-15/h7-8H,3-6H2,1-2H3. The van der Waals surface area contributed by atoms with Crippen LogP contribution in [0, 0.1) is 11.3 Å². The molecule has 1 aromatic rings. The summed E-state index contributed by atoms with van der Waals surface area (Å²) in [6.07, 6.45) is 3.71. The molecule has 0 bridgehead atoms. The van der Waals surface area contributed by atoms with E-state index in [1.165, 1.54) is 14.2 Å². The molecule has 0 saturated heterocycles. The second-order valence-electron chi connectivity index (χ2n) is 4.93. The number of ether oxygens (including phenoxy) is 2. The van der Waals surface area contributed by atoms with Crippen molar-refractivity contribution in [2.75, 3.05) is 14.2 Å². The Kier molecular flexibility index (Phi) is 4.34. The molecule has 1 aromatic carbocycles. The number of carbonyl (C=O) groups excluding carboxylic acids is 1. The van der Waals surface area contributed by atoms with E-state index in [1.807, 2.05) is 6.07 Å². The fourth-order valence-corrected chi connectivity index (χ4v) is 3.40. The van der Waals surface area contributed by atoms with E-state index < -0.39 is 11.4 Å². The Hall–Kier alpha value is -1.54. The number of esters is 1. The van der Waals surface area contributed by atoms with Crippen molar-refractivity contribution in [3.63, 3.8) is 0 Å². The molecule has 0 aromatic heterocycles. The maximum atomic E-state index is 11.9. The Morgan fingerprint density at radius 3 is 2.50 bits per heavy atom. The maximum absolute atomic E-state index is 11.9. The minimum atomic E-state index is -0.502. The van der Waals surface area contributed by atoms with Gasteiger partial charge in [0.1, 0.15) is 11.3 Å². The largest absolute Gasteiger partial charge is 0.495 e. The normalized spacial score (nSPS) is 16.5. The average Bonchev–Trinajstić information content (AvgIpc) is 2.95. The highest BCUT2D eigenvalue weighted by Crippen LogP contribution is 2.43. The van der Waals surface area contributed by atoms with Crippen LogP contribution in [0.1, 0.15) is 41.6 Å². The van der Waals surface area contributed by atoms with Gasteiger partial charge < -0.3 is 9.47 Å². The minimum absolute atomic E-state index is 0.348. The topological polar surface area (TPSA) is 59.3 Å². The number of halogens is 1. The molecule has 20 heavy (non-hydrogen) atoms. The number of nitriles is 1. The zero-order chi connectivity index (χ0) is 14.8. The predicted octanol–water partition coefficient (Wildman–Crippen LogP) is 3.58. The van der Waals surface area contributed by atoms with E-state index in [1.54, 1.807) is 6.07 Å². The van der Waals surface area contributed by atoms with Gasteiger partial charge in [-0.05, 0) is 46.5 Å². The summed E-state index contributed by atoms with van der Waals surface area (Å²) in [6.45, 7) is 0. The SMILES string of the molecule is COC(=O)c1cc(C2(C#N)CCCC2)cc(Br)c1OC. The van der Waals surface area contributed by atoms with Gasteiger partial charge in [-0.1, -0.05) is 12.8 Å². The van der Waals surface area contributed by atoms with Gasteiger partial charge in [-0.25, -0.2) is 4.79 Å². The second-order valence-corrected chi connectivity index (χ2v) is 5.79. The van der Waals surface area contributed by atoms with Crippen LogP contribution < -0.4 is 4.74 Å². The summed E-state index contributed by atoms with van der Waals surface area (Å²) in [4.78, 5) is 11.9. The molecule has 0 unspecified atom stereocenters. The van der Waals surface area contributed by atoms with Crippen LogP contribution in [0.4, 0.5) is 0 Å². The van der Waals surface area contributed by atoms with Crippen molar-refractivity contribution in [3.8, 4) is 11.8 Å². The summed E-state index contributed by atoms with van der Waals surface area (Å²) in [5.74, 6) is -0.0258. The fraction of sp³-hybridized carbons (Fsp3) is 0.467. The first-order valence-corrected chi connectivity index (χ1v) is 7.25. The zero-order valence-corrected chi connectivity index (χ0v) is 13.1. The molecule has 2 rings (SSSR count). The van der Waals surface area contributed by atoms with Gasteiger partial charge in [0.15, 0.2) is 0 Å². The van der Waals surface area contributed by atoms with Crippen molar-refractivity contribution in [2.45, 2.75) is 31.1 Å². The highest BCUT2D eigenvalue weighted by atomic mass is 79.9. The summed E-state index contributed by atoms with van der Waals surface area (Å²) in [5.41, 5.74) is 0.698. The van der Waals surface area contributed by atoms with E-state index in [0.29, 0.717) is 15.8 Å². The third-order valence-corrected chi connectivity index (χ3v) is 4.47. The highest BCUT2D eigenvalue weighted by molar-refractivity contribution is 9.10. The molecule has 1 saturated carbocycles. The van der Waals surface area contributed by atoms with E-state index in [9.17, 15) is 10.1 Å². The van der Waals surface area contributed by atoms with Crippen LogP contribution in [0.15, 0.2) is 16.6 Å². The van der Waals surface area contributed by atoms with Gasteiger partial charge in [0.2, 0.25) is 0 Å². The molecule has 0 atom stereocenters. The summed E-state index contributed by atoms with van der Waals surface area (Å²) < 4.78 is 10.7. The maximum Gasteiger partial charge on any atom is 0.341 e. The Bertz CT molecular complexity index is 571. The molecule has 0 radical (unpaired) electrons. The third-order valence-electron chi connectivity index (χ3n) is 3.88. The number of methoxy groups -OCH3 is 2. The molecule has 1 aliphatic rings. The van der Waals surface area contributed by atoms with E-state index in [2.05, 4.69) is 22.0 Å². The molecule has 0 heterocycles. The third kappa shape index (κ3) is 2.40. The molecular weight excluding hydrogens is 322 g/mol. The van der Waals surface area contributed by atoms with E-state index in [-0.39, 0.29) is 0 Å². The molecule has 106 valence electrons. The lowest BCUT2D eigenvalue weighted by Crippen LogP contribution is -2.20. The van der Waals surface area contributed by atoms with E-state index >= 15 is 0 Å². The van der Waals surface area contributed by atoms with Crippen LogP contribution in [0.25, 0.3) is 0 Å². The molecular formula is C15H16BrNO3. The Balaban J connectivity index is 2.59. The highest BCUT2D eigenvalue weighted by Gasteiger charge is 2.37. The number of rotatable bonds is 3. The smallest absolute Gasteiger partial charge is 0.341 e. The molecule has 0 amide bonds. The molecule has 4 nitrogen and oxygen atoms in total. The van der Waals surface area contributed by atoms with Crippen molar-refractivity contribution < 1.29 is 14.3 Å². The van der Waals surface area contributed by atoms with Crippen LogP contribution in [0.2, 0.25) is 0 Å². The summed E-state index contributed by atoms with van der Waals surface area (Å²) in [6, 6.07) is 6.03. The summed E-state index contributed by atoms with van der Waals surface area (Å²) in [7, 11) is 2.83. The lowest BCUT2D eigenvalue weighted by Gasteiger charge is -2.22. The van der Waals surface area contributed by atoms with Crippen molar-refractivity contribution in [2.24, 2.45) is 0 Å². The summed E-state index contributed by atoms with van der Waals surface area (Å²) in [5, 5.41) is 9.56. The van der Waals surface area contributed by atoms with Gasteiger partial charge in [-0.15, -0.1) is 0 Å². The van der Waals surface area contributed by atoms with Crippen molar-refractivity contribution in [1.82, 2.24) is 0 Å². The van der Waals surface area contributed by atoms with Crippen molar-refractivity contribution >= 4 is 21.9 Å². The van der Waals surface area contributed by atoms with Gasteiger partial charge in [-0.3, -0.25) is 0 Å². The van der Waals surface area contributed by atoms with E-state index in [0.717, 1.165) is 31.2 Å². The fourth-order valence-electron chi connectivity index (χ4n) is 2.78. The van der Waals surface area contributed by atoms with Gasteiger partial charge in [0, 0.05) is 0 Å². The number of hydrogen-bond acceptors (Lipinski definition) is 4.